The highest BCUT2D eigenvalue weighted by Crippen LogP contribution is 2.23. The molecule has 0 saturated heterocycles. The predicted molar refractivity (Wildman–Crippen MR) is 98.2 cm³/mol. The summed E-state index contributed by atoms with van der Waals surface area (Å²) in [5.74, 6) is 0.585. The fourth-order valence-electron chi connectivity index (χ4n) is 2.33. The second kappa shape index (κ2) is 9.40. The van der Waals surface area contributed by atoms with Gasteiger partial charge in [-0.05, 0) is 6.07 Å². The van der Waals surface area contributed by atoms with Crippen molar-refractivity contribution < 1.29 is 28.1 Å². The average Bonchev–Trinajstić information content (AvgIpc) is 3.39. The lowest BCUT2D eigenvalue weighted by molar-refractivity contribution is -0.149. The molecule has 10 heteroatoms. The van der Waals surface area contributed by atoms with Gasteiger partial charge in [0.1, 0.15) is 13.2 Å². The lowest BCUT2D eigenvalue weighted by atomic mass is 10.1. The summed E-state index contributed by atoms with van der Waals surface area (Å²) >= 11 is 0. The molecule has 2 aromatic heterocycles. The van der Waals surface area contributed by atoms with E-state index in [9.17, 15) is 9.59 Å². The molecule has 0 spiro atoms. The van der Waals surface area contributed by atoms with Gasteiger partial charge in [-0.1, -0.05) is 35.1 Å². The Labute approximate surface area is 165 Å². The van der Waals surface area contributed by atoms with Crippen LogP contribution in [0.15, 0.2) is 46.0 Å². The Balaban J connectivity index is 1.52. The van der Waals surface area contributed by atoms with Gasteiger partial charge in [-0.25, -0.2) is 4.79 Å². The first kappa shape index (κ1) is 19.9. The molecule has 0 fully saturated rings. The maximum Gasteiger partial charge on any atom is 0.330 e. The van der Waals surface area contributed by atoms with Gasteiger partial charge in [0, 0.05) is 30.5 Å². The number of benzene rings is 1. The van der Waals surface area contributed by atoms with Gasteiger partial charge in [0.15, 0.2) is 0 Å². The second-order valence-corrected chi connectivity index (χ2v) is 5.82. The summed E-state index contributed by atoms with van der Waals surface area (Å²) in [7, 11) is 0. The molecule has 1 aromatic carbocycles. The molecule has 3 rings (SSSR count). The lowest BCUT2D eigenvalue weighted by Crippen LogP contribution is -2.13. The van der Waals surface area contributed by atoms with Crippen LogP contribution in [-0.4, -0.2) is 45.4 Å². The van der Waals surface area contributed by atoms with Crippen LogP contribution in [0.2, 0.25) is 0 Å². The zero-order valence-corrected chi connectivity index (χ0v) is 15.7. The Bertz CT molecular complexity index is 1010. The molecule has 0 amide bonds. The van der Waals surface area contributed by atoms with Crippen LogP contribution in [0.4, 0.5) is 0 Å². The zero-order chi connectivity index (χ0) is 20.6. The quantitative estimate of drug-likeness (QED) is 0.300. The molecule has 2 heterocycles. The van der Waals surface area contributed by atoms with Crippen molar-refractivity contribution in [2.24, 2.45) is 0 Å². The van der Waals surface area contributed by atoms with Crippen LogP contribution in [0.25, 0.3) is 22.8 Å². The third-order valence-electron chi connectivity index (χ3n) is 3.67. The Morgan fingerprint density at radius 1 is 1.07 bits per heavy atom. The molecular weight excluding hydrogens is 380 g/mol. The molecule has 0 bridgehead atoms. The van der Waals surface area contributed by atoms with Gasteiger partial charge >= 0.3 is 11.9 Å². The normalized spacial score (nSPS) is 10.5. The summed E-state index contributed by atoms with van der Waals surface area (Å²) < 4.78 is 19.8. The number of nitrogens with zero attached hydrogens (tertiary/aromatic N) is 4. The summed E-state index contributed by atoms with van der Waals surface area (Å²) in [6.07, 6.45) is 1.31. The molecule has 0 aliphatic rings. The number of carbonyl (C=O) groups is 2. The summed E-state index contributed by atoms with van der Waals surface area (Å²) in [6, 6.07) is 7.31. The number of rotatable bonds is 9. The topological polar surface area (TPSA) is 130 Å². The average molecular weight is 398 g/mol. The van der Waals surface area contributed by atoms with E-state index < -0.39 is 11.9 Å². The monoisotopic (exact) mass is 398 g/mol. The fraction of sp³-hybridized carbons (Fsp3) is 0.263. The predicted octanol–water partition coefficient (Wildman–Crippen LogP) is 2.30. The summed E-state index contributed by atoms with van der Waals surface area (Å²) in [5.41, 5.74) is 1.47. The van der Waals surface area contributed by atoms with Crippen LogP contribution in [0.3, 0.4) is 0 Å². The van der Waals surface area contributed by atoms with Crippen molar-refractivity contribution in [1.29, 1.82) is 0 Å². The fourth-order valence-corrected chi connectivity index (χ4v) is 2.33. The number of aryl methyl sites for hydroxylation is 2. The van der Waals surface area contributed by atoms with Crippen molar-refractivity contribution in [3.8, 4) is 22.8 Å². The second-order valence-electron chi connectivity index (χ2n) is 5.82. The minimum Gasteiger partial charge on any atom is -0.462 e. The summed E-state index contributed by atoms with van der Waals surface area (Å²) in [5, 5.41) is 7.82. The standard InChI is InChI=1S/C19H18N4O6/c1-3-16(24)26-9-10-27-17(25)8-7-15-21-19(23-29-15)14-6-4-5-13(11-14)18-20-12(2)28-22-18/h3-6,11H,1,7-10H2,2H3. The first-order valence-corrected chi connectivity index (χ1v) is 8.73. The van der Waals surface area contributed by atoms with Gasteiger partial charge in [0.2, 0.25) is 23.4 Å². The van der Waals surface area contributed by atoms with E-state index in [0.29, 0.717) is 29.0 Å². The van der Waals surface area contributed by atoms with E-state index in [4.69, 9.17) is 18.5 Å². The van der Waals surface area contributed by atoms with Crippen LogP contribution >= 0.6 is 0 Å². The SMILES string of the molecule is C=CC(=O)OCCOC(=O)CCc1nc(-c2cccc(-c3noc(C)n3)c2)no1. The van der Waals surface area contributed by atoms with E-state index in [0.717, 1.165) is 11.6 Å². The van der Waals surface area contributed by atoms with Crippen molar-refractivity contribution in [3.63, 3.8) is 0 Å². The molecule has 0 saturated carbocycles. The highest BCUT2D eigenvalue weighted by atomic mass is 16.6. The Hall–Kier alpha value is -3.82. The van der Waals surface area contributed by atoms with Gasteiger partial charge in [-0.2, -0.15) is 9.97 Å². The number of hydrogen-bond acceptors (Lipinski definition) is 10. The molecule has 0 atom stereocenters. The number of carbonyl (C=O) groups excluding carboxylic acids is 2. The van der Waals surface area contributed by atoms with Crippen LogP contribution < -0.4 is 0 Å². The van der Waals surface area contributed by atoms with Gasteiger partial charge in [0.05, 0.1) is 6.42 Å². The van der Waals surface area contributed by atoms with Crippen molar-refractivity contribution >= 4 is 11.9 Å². The molecule has 0 aliphatic heterocycles. The van der Waals surface area contributed by atoms with E-state index in [-0.39, 0.29) is 26.1 Å². The molecule has 0 radical (unpaired) electrons. The number of aromatic nitrogens is 4. The Kier molecular flexibility index (Phi) is 6.46. The first-order valence-electron chi connectivity index (χ1n) is 8.73. The Morgan fingerprint density at radius 2 is 1.76 bits per heavy atom. The van der Waals surface area contributed by atoms with Gasteiger partial charge in [-0.15, -0.1) is 0 Å². The van der Waals surface area contributed by atoms with E-state index >= 15 is 0 Å². The Morgan fingerprint density at radius 3 is 2.45 bits per heavy atom. The molecule has 0 N–H and O–H groups in total. The van der Waals surface area contributed by atoms with Gasteiger partial charge in [0.25, 0.3) is 0 Å². The van der Waals surface area contributed by atoms with Crippen molar-refractivity contribution in [3.05, 3.63) is 48.7 Å². The molecule has 0 aliphatic carbocycles. The maximum absolute atomic E-state index is 11.7. The molecule has 150 valence electrons. The number of esters is 2. The molecule has 0 unspecified atom stereocenters. The zero-order valence-electron chi connectivity index (χ0n) is 15.7. The minimum absolute atomic E-state index is 0.0302. The van der Waals surface area contributed by atoms with Crippen LogP contribution in [0, 0.1) is 6.92 Å². The molecule has 10 nitrogen and oxygen atoms in total. The van der Waals surface area contributed by atoms with Crippen molar-refractivity contribution in [2.75, 3.05) is 13.2 Å². The first-order chi connectivity index (χ1) is 14.0. The highest BCUT2D eigenvalue weighted by Gasteiger charge is 2.13. The maximum atomic E-state index is 11.7. The molecular formula is C19H18N4O6. The van der Waals surface area contributed by atoms with E-state index in [1.165, 1.54) is 0 Å². The highest BCUT2D eigenvalue weighted by molar-refractivity contribution is 5.81. The minimum atomic E-state index is -0.571. The van der Waals surface area contributed by atoms with Crippen LogP contribution in [0.5, 0.6) is 0 Å². The summed E-state index contributed by atoms with van der Waals surface area (Å²) in [6.45, 7) is 4.92. The third kappa shape index (κ3) is 5.58. The summed E-state index contributed by atoms with van der Waals surface area (Å²) in [4.78, 5) is 31.1. The van der Waals surface area contributed by atoms with Crippen LogP contribution in [-0.2, 0) is 25.5 Å². The number of hydrogen-bond donors (Lipinski definition) is 0. The largest absolute Gasteiger partial charge is 0.462 e. The smallest absolute Gasteiger partial charge is 0.330 e. The molecule has 3 aromatic rings. The third-order valence-corrected chi connectivity index (χ3v) is 3.67. The van der Waals surface area contributed by atoms with E-state index in [1.807, 2.05) is 24.3 Å². The van der Waals surface area contributed by atoms with Gasteiger partial charge in [-0.3, -0.25) is 4.79 Å². The van der Waals surface area contributed by atoms with Gasteiger partial charge < -0.3 is 18.5 Å². The van der Waals surface area contributed by atoms with Crippen molar-refractivity contribution in [2.45, 2.75) is 19.8 Å². The van der Waals surface area contributed by atoms with Crippen molar-refractivity contribution in [1.82, 2.24) is 20.3 Å². The molecule has 29 heavy (non-hydrogen) atoms. The number of ether oxygens (including phenoxy) is 2. The lowest BCUT2D eigenvalue weighted by Gasteiger charge is -2.03. The van der Waals surface area contributed by atoms with E-state index in [2.05, 4.69) is 26.9 Å². The van der Waals surface area contributed by atoms with E-state index in [1.54, 1.807) is 6.92 Å². The van der Waals surface area contributed by atoms with Crippen LogP contribution in [0.1, 0.15) is 18.2 Å².